The molecule has 0 amide bonds. The van der Waals surface area contributed by atoms with Gasteiger partial charge >= 0.3 is 0 Å². The summed E-state index contributed by atoms with van der Waals surface area (Å²) in [5.41, 5.74) is 0. The van der Waals surface area contributed by atoms with Crippen molar-refractivity contribution < 1.29 is 0 Å². The van der Waals surface area contributed by atoms with Crippen molar-refractivity contribution in [1.82, 2.24) is 5.32 Å². The van der Waals surface area contributed by atoms with Gasteiger partial charge in [-0.2, -0.15) is 0 Å². The molecule has 0 fully saturated rings. The van der Waals surface area contributed by atoms with E-state index in [1.165, 1.54) is 6.42 Å². The Hall–Kier alpha value is -0.0400. The van der Waals surface area contributed by atoms with E-state index in [0.717, 1.165) is 0 Å². The molecule has 0 heterocycles. The van der Waals surface area contributed by atoms with Crippen LogP contribution in [0.3, 0.4) is 0 Å². The molecule has 0 aliphatic heterocycles. The highest BCUT2D eigenvalue weighted by atomic mass is 14.8. The lowest BCUT2D eigenvalue weighted by atomic mass is 10.4. The summed E-state index contributed by atoms with van der Waals surface area (Å²) < 4.78 is 0. The fourth-order valence-corrected chi connectivity index (χ4v) is 0. The predicted molar refractivity (Wildman–Crippen MR) is 40.2 cm³/mol. The Morgan fingerprint density at radius 1 is 1.25 bits per heavy atom. The van der Waals surface area contributed by atoms with Crippen molar-refractivity contribution in [2.24, 2.45) is 0 Å². The van der Waals surface area contributed by atoms with Crippen LogP contribution in [0, 0.1) is 0 Å². The summed E-state index contributed by atoms with van der Waals surface area (Å²) in [5.74, 6) is 0. The van der Waals surface area contributed by atoms with Crippen molar-refractivity contribution in [3.05, 3.63) is 0 Å². The monoisotopic (exact) mass is 117 g/mol. The highest BCUT2D eigenvalue weighted by Crippen LogP contribution is 1.66. The zero-order valence-electron chi connectivity index (χ0n) is 6.78. The summed E-state index contributed by atoms with van der Waals surface area (Å²) in [7, 11) is 1.95. The summed E-state index contributed by atoms with van der Waals surface area (Å²) in [4.78, 5) is 0. The van der Waals surface area contributed by atoms with Gasteiger partial charge in [0.05, 0.1) is 0 Å². The first-order valence-electron chi connectivity index (χ1n) is 3.36. The molecule has 0 radical (unpaired) electrons. The lowest BCUT2D eigenvalue weighted by Gasteiger charge is -1.95. The van der Waals surface area contributed by atoms with Crippen LogP contribution in [0.25, 0.3) is 0 Å². The van der Waals surface area contributed by atoms with E-state index in [2.05, 4.69) is 33.0 Å². The molecule has 1 nitrogen and oxygen atoms in total. The third-order valence-corrected chi connectivity index (χ3v) is 0.577. The molecule has 0 bridgehead atoms. The fraction of sp³-hybridized carbons (Fsp3) is 1.00. The smallest absolute Gasteiger partial charge is 0.000733 e. The molecule has 1 heteroatoms. The minimum absolute atomic E-state index is 0.634. The maximum atomic E-state index is 3.03. The Morgan fingerprint density at radius 3 is 1.38 bits per heavy atom. The van der Waals surface area contributed by atoms with Crippen LogP contribution in [-0.4, -0.2) is 13.1 Å². The second-order valence-electron chi connectivity index (χ2n) is 2.15. The molecule has 0 aromatic heterocycles. The zero-order chi connectivity index (χ0) is 6.99. The minimum Gasteiger partial charge on any atom is -0.318 e. The highest BCUT2D eigenvalue weighted by molar-refractivity contribution is 4.40. The number of nitrogens with one attached hydrogen (secondary N) is 1. The molecule has 0 spiro atoms. The summed E-state index contributed by atoms with van der Waals surface area (Å²) in [5, 5.41) is 3.03. The first kappa shape index (κ1) is 10.9. The Labute approximate surface area is 53.5 Å². The van der Waals surface area contributed by atoms with Gasteiger partial charge in [0.1, 0.15) is 0 Å². The van der Waals surface area contributed by atoms with Crippen LogP contribution in [0.5, 0.6) is 0 Å². The number of hydrogen-bond acceptors (Lipinski definition) is 1. The zero-order valence-corrected chi connectivity index (χ0v) is 6.78. The van der Waals surface area contributed by atoms with E-state index >= 15 is 0 Å². The molecule has 0 unspecified atom stereocenters. The second kappa shape index (κ2) is 10.0. The molecule has 0 saturated heterocycles. The topological polar surface area (TPSA) is 12.0 Å². The Balaban J connectivity index is 0. The van der Waals surface area contributed by atoms with Crippen LogP contribution < -0.4 is 5.32 Å². The average molecular weight is 117 g/mol. The summed E-state index contributed by atoms with van der Waals surface area (Å²) >= 11 is 0. The first-order chi connectivity index (χ1) is 3.68. The SMILES string of the molecule is CCC.CNC(C)C. The standard InChI is InChI=1S/C4H11N.C3H8/c1-4(2)5-3;1-3-2/h4-5H,1-3H3;3H2,1-2H3. The van der Waals surface area contributed by atoms with Gasteiger partial charge in [-0.15, -0.1) is 0 Å². The molecule has 0 aliphatic carbocycles. The quantitative estimate of drug-likeness (QED) is 0.554. The van der Waals surface area contributed by atoms with Crippen molar-refractivity contribution in [2.75, 3.05) is 7.05 Å². The van der Waals surface area contributed by atoms with E-state index in [4.69, 9.17) is 0 Å². The molecule has 0 aliphatic rings. The van der Waals surface area contributed by atoms with Gasteiger partial charge in [-0.25, -0.2) is 0 Å². The average Bonchev–Trinajstić information content (AvgIpc) is 1.69. The lowest BCUT2D eigenvalue weighted by molar-refractivity contribution is 0.668. The maximum Gasteiger partial charge on any atom is 0.000733 e. The van der Waals surface area contributed by atoms with Crippen LogP contribution in [-0.2, 0) is 0 Å². The van der Waals surface area contributed by atoms with Crippen LogP contribution >= 0.6 is 0 Å². The van der Waals surface area contributed by atoms with E-state index in [0.29, 0.717) is 6.04 Å². The van der Waals surface area contributed by atoms with Crippen LogP contribution in [0.1, 0.15) is 34.1 Å². The summed E-state index contributed by atoms with van der Waals surface area (Å²) in [6.45, 7) is 8.47. The number of hydrogen-bond donors (Lipinski definition) is 1. The molecule has 8 heavy (non-hydrogen) atoms. The summed E-state index contributed by atoms with van der Waals surface area (Å²) in [6.07, 6.45) is 1.25. The Bertz CT molecular complexity index is 25.6. The largest absolute Gasteiger partial charge is 0.318 e. The summed E-state index contributed by atoms with van der Waals surface area (Å²) in [6, 6.07) is 0.634. The van der Waals surface area contributed by atoms with E-state index in [1.807, 2.05) is 7.05 Å². The van der Waals surface area contributed by atoms with Crippen molar-refractivity contribution in [3.8, 4) is 0 Å². The normalized spacial score (nSPS) is 8.25. The van der Waals surface area contributed by atoms with Crippen molar-refractivity contribution in [3.63, 3.8) is 0 Å². The van der Waals surface area contributed by atoms with E-state index in [9.17, 15) is 0 Å². The Kier molecular flexibility index (Phi) is 13.6. The van der Waals surface area contributed by atoms with Crippen LogP contribution in [0.2, 0.25) is 0 Å². The van der Waals surface area contributed by atoms with Gasteiger partial charge in [-0.1, -0.05) is 34.1 Å². The van der Waals surface area contributed by atoms with Gasteiger partial charge in [0.15, 0.2) is 0 Å². The Morgan fingerprint density at radius 2 is 1.38 bits per heavy atom. The molecule has 0 aromatic rings. The van der Waals surface area contributed by atoms with Crippen molar-refractivity contribution in [1.29, 1.82) is 0 Å². The lowest BCUT2D eigenvalue weighted by Crippen LogP contribution is -2.15. The van der Waals surface area contributed by atoms with Gasteiger partial charge in [0.2, 0.25) is 0 Å². The second-order valence-corrected chi connectivity index (χ2v) is 2.15. The predicted octanol–water partition coefficient (Wildman–Crippen LogP) is 2.03. The molecule has 0 saturated carbocycles. The van der Waals surface area contributed by atoms with Gasteiger partial charge in [-0.3, -0.25) is 0 Å². The third-order valence-electron chi connectivity index (χ3n) is 0.577. The highest BCUT2D eigenvalue weighted by Gasteiger charge is 1.76. The number of rotatable bonds is 1. The molecule has 0 rings (SSSR count). The first-order valence-corrected chi connectivity index (χ1v) is 3.36. The van der Waals surface area contributed by atoms with E-state index in [1.54, 1.807) is 0 Å². The van der Waals surface area contributed by atoms with E-state index < -0.39 is 0 Å². The van der Waals surface area contributed by atoms with Gasteiger partial charge < -0.3 is 5.32 Å². The molecule has 52 valence electrons. The van der Waals surface area contributed by atoms with Gasteiger partial charge in [0.25, 0.3) is 0 Å². The van der Waals surface area contributed by atoms with Crippen LogP contribution in [0.15, 0.2) is 0 Å². The van der Waals surface area contributed by atoms with Gasteiger partial charge in [-0.05, 0) is 7.05 Å². The van der Waals surface area contributed by atoms with Crippen molar-refractivity contribution >= 4 is 0 Å². The van der Waals surface area contributed by atoms with Crippen molar-refractivity contribution in [2.45, 2.75) is 40.2 Å². The third kappa shape index (κ3) is 38.2. The molecule has 1 N–H and O–H groups in total. The molecule has 0 aromatic carbocycles. The molecular formula is C7H19N. The van der Waals surface area contributed by atoms with Crippen LogP contribution in [0.4, 0.5) is 0 Å². The van der Waals surface area contributed by atoms with E-state index in [-0.39, 0.29) is 0 Å². The molecular weight excluding hydrogens is 98.1 g/mol. The molecule has 0 atom stereocenters. The van der Waals surface area contributed by atoms with Gasteiger partial charge in [0, 0.05) is 6.04 Å². The fourth-order valence-electron chi connectivity index (χ4n) is 0. The minimum atomic E-state index is 0.634. The maximum absolute atomic E-state index is 3.03.